The standard InChI is InChI=1S/6Al.B3N3.HI.11H/c;;;;;;1-4-2-6-3-5-1;;;;;;;;;;;;/h;;;;;;;1H;;;;;;;;;;;/q;;4*+1;-3;;;;;;;;;;;;/p-1. The molecule has 0 amide bonds. The fourth-order valence-corrected chi connectivity index (χ4v) is 4.52. The van der Waals surface area contributed by atoms with Crippen molar-refractivity contribution in [2.75, 3.05) is 0 Å². The third-order valence-corrected chi connectivity index (χ3v) is 2.48. The average molecular weight is 374 g/mol. The summed E-state index contributed by atoms with van der Waals surface area (Å²) in [6.45, 7) is 0. The van der Waals surface area contributed by atoms with Gasteiger partial charge < -0.3 is 11.1 Å². The first-order valence-corrected chi connectivity index (χ1v) is 11.0. The van der Waals surface area contributed by atoms with E-state index in [1.165, 1.54) is 0 Å². The quantitative estimate of drug-likeness (QED) is 0.309. The van der Waals surface area contributed by atoms with E-state index < -0.39 is 0 Å². The SMILES string of the molecule is [AlH2].[AlH2].[AlH2][N]1[B][N]([AlH2])[B][N]([AlH2])[B]1.[AlH][I]. The maximum atomic E-state index is 2.21. The zero-order valence-corrected chi connectivity index (χ0v) is 22.7. The lowest BCUT2D eigenvalue weighted by atomic mass is 9.84. The molecule has 1 saturated heterocycles. The van der Waals surface area contributed by atoms with Crippen LogP contribution < -0.4 is 0 Å². The Morgan fingerprint density at radius 2 is 0.923 bits per heavy atom. The van der Waals surface area contributed by atoms with Gasteiger partial charge in [0.15, 0.2) is 0 Å². The van der Waals surface area contributed by atoms with Crippen LogP contribution in [0, 0.1) is 0 Å². The number of rotatable bonds is 0. The molecule has 1 aliphatic heterocycles. The Morgan fingerprint density at radius 1 is 0.769 bits per heavy atom. The van der Waals surface area contributed by atoms with Crippen LogP contribution in [-0.2, 0) is 0 Å². The Hall–Kier alpha value is 4.00. The molecule has 0 saturated carbocycles. The van der Waals surface area contributed by atoms with Gasteiger partial charge in [-0.2, -0.15) is 0 Å². The van der Waals surface area contributed by atoms with Crippen LogP contribution >= 0.6 is 20.3 Å². The number of halogens is 1. The van der Waals surface area contributed by atoms with E-state index in [0.717, 1.165) is 49.5 Å². The molecule has 0 aliphatic carbocycles. The minimum absolute atomic E-state index is 0. The Kier molecular flexibility index (Phi) is 24.0. The van der Waals surface area contributed by atoms with E-state index in [1.54, 1.807) is 0 Å². The third kappa shape index (κ3) is 12.2. The monoisotopic (exact) mass is 375 g/mol. The number of hydrogen-bond acceptors (Lipinski definition) is 3. The summed E-state index contributed by atoms with van der Waals surface area (Å²) in [6, 6.07) is 0. The van der Waals surface area contributed by atoms with Crippen LogP contribution in [0.2, 0.25) is 0 Å². The zero-order valence-electron chi connectivity index (χ0n) is 9.16. The maximum Gasteiger partial charge on any atom is 0.299 e. The summed E-state index contributed by atoms with van der Waals surface area (Å²) in [5.74, 6) is 0. The van der Waals surface area contributed by atoms with Gasteiger partial charge in [0, 0.05) is 0 Å². The second kappa shape index (κ2) is 14.1. The second-order valence-corrected chi connectivity index (χ2v) is 5.44. The van der Waals surface area contributed by atoms with E-state index in [0.29, 0.717) is 0 Å². The highest BCUT2D eigenvalue weighted by molar-refractivity contribution is 14.1. The summed E-state index contributed by atoms with van der Waals surface area (Å²) in [5.41, 5.74) is 0. The van der Waals surface area contributed by atoms with Crippen molar-refractivity contribution in [2.45, 2.75) is 0 Å². The molecular formula is H11Al6B3IN3. The maximum absolute atomic E-state index is 2.21. The molecule has 0 aromatic heterocycles. The van der Waals surface area contributed by atoms with Crippen LogP contribution in [0.25, 0.3) is 0 Å². The molecule has 1 fully saturated rings. The van der Waals surface area contributed by atoms with Gasteiger partial charge in [-0.1, -0.05) is 0 Å². The smallest absolute Gasteiger partial charge is 0.299 e. The van der Waals surface area contributed by atoms with E-state index in [-0.39, 0.29) is 34.7 Å². The van der Waals surface area contributed by atoms with Crippen LogP contribution in [0.5, 0.6) is 0 Å². The van der Waals surface area contributed by atoms with E-state index in [9.17, 15) is 0 Å². The van der Waals surface area contributed by atoms with Gasteiger partial charge in [-0.25, -0.2) is 20.3 Å². The average Bonchev–Trinajstić information content (AvgIpc) is 1.88. The van der Waals surface area contributed by atoms with Gasteiger partial charge in [0.2, 0.25) is 22.6 Å². The van der Waals surface area contributed by atoms with Crippen molar-refractivity contribution in [2.24, 2.45) is 0 Å². The molecule has 0 aromatic rings. The molecule has 13 heavy (non-hydrogen) atoms. The Morgan fingerprint density at radius 3 is 1.08 bits per heavy atom. The van der Waals surface area contributed by atoms with Crippen molar-refractivity contribution in [1.29, 1.82) is 0 Å². The van der Waals surface area contributed by atoms with Crippen molar-refractivity contribution in [1.82, 2.24) is 11.1 Å². The van der Waals surface area contributed by atoms with Gasteiger partial charge in [-0.3, -0.25) is 0 Å². The first-order valence-electron chi connectivity index (χ1n) is 3.16. The molecule has 13 heteroatoms. The first-order chi connectivity index (χ1) is 5.18. The molecule has 0 spiro atoms. The molecule has 3 nitrogen and oxygen atoms in total. The van der Waals surface area contributed by atoms with E-state index in [4.69, 9.17) is 0 Å². The predicted octanol–water partition coefficient (Wildman–Crippen LogP) is -6.44. The van der Waals surface area contributed by atoms with Crippen LogP contribution in [0.4, 0.5) is 0 Å². The van der Waals surface area contributed by atoms with Gasteiger partial charge in [0.05, 0.1) is 0 Å². The number of nitrogens with zero attached hydrogens (tertiary/aromatic N) is 3. The normalized spacial score (nSPS) is 17.0. The minimum Gasteiger partial charge on any atom is -0.459 e. The van der Waals surface area contributed by atoms with Gasteiger partial charge in [-0.15, -0.1) is 0 Å². The summed E-state index contributed by atoms with van der Waals surface area (Å²) in [6.07, 6.45) is 0. The topological polar surface area (TPSA) is 9.72 Å². The van der Waals surface area contributed by atoms with Gasteiger partial charge in [0.25, 0.3) is 62.5 Å². The lowest BCUT2D eigenvalue weighted by Crippen LogP contribution is -2.58. The fraction of sp³-hybridized carbons (Fsp3) is 0. The van der Waals surface area contributed by atoms with Crippen LogP contribution in [0.15, 0.2) is 0 Å². The summed E-state index contributed by atoms with van der Waals surface area (Å²) >= 11 is 7.28. The van der Waals surface area contributed by atoms with E-state index in [1.807, 2.05) is 13.0 Å². The Balaban J connectivity index is -0.000000234. The summed E-state index contributed by atoms with van der Waals surface area (Å²) in [4.78, 5) is 0. The Bertz CT molecular complexity index is 84.1. The summed E-state index contributed by atoms with van der Waals surface area (Å²) < 4.78 is 6.62. The molecule has 0 atom stereocenters. The van der Waals surface area contributed by atoms with Gasteiger partial charge in [-0.05, 0) is 0 Å². The minimum atomic E-state index is 0. The lowest BCUT2D eigenvalue weighted by Gasteiger charge is -2.37. The van der Waals surface area contributed by atoms with Crippen LogP contribution in [-0.4, -0.2) is 131 Å². The first kappa shape index (κ1) is 22.2. The second-order valence-electron chi connectivity index (χ2n) is 2.34. The van der Waals surface area contributed by atoms with Crippen LogP contribution in [0.1, 0.15) is 0 Å². The molecule has 1 rings (SSSR count). The zero-order chi connectivity index (χ0) is 8.85. The van der Waals surface area contributed by atoms with E-state index >= 15 is 0 Å². The summed E-state index contributed by atoms with van der Waals surface area (Å²) in [5, 5.41) is 0. The summed E-state index contributed by atoms with van der Waals surface area (Å²) in [7, 11) is 6.44. The molecule has 0 unspecified atom stereocenters. The van der Waals surface area contributed by atoms with Crippen molar-refractivity contribution in [3.63, 3.8) is 0 Å². The molecule has 0 N–H and O–H groups in total. The molecular weight excluding hydrogens is 363 g/mol. The highest BCUT2D eigenvalue weighted by Crippen LogP contribution is 1.89. The fourth-order valence-electron chi connectivity index (χ4n) is 0.951. The molecule has 0 bridgehead atoms. The molecule has 0 aromatic carbocycles. The third-order valence-electron chi connectivity index (χ3n) is 1.09. The number of hydrogen-bond donors (Lipinski definition) is 0. The van der Waals surface area contributed by atoms with Crippen LogP contribution in [0.3, 0.4) is 0 Å². The van der Waals surface area contributed by atoms with Crippen molar-refractivity contribution < 1.29 is 0 Å². The van der Waals surface area contributed by atoms with Gasteiger partial charge >= 0.3 is 0 Å². The molecule has 1 aliphatic rings. The van der Waals surface area contributed by atoms with Crippen molar-refractivity contribution in [3.05, 3.63) is 0 Å². The highest BCUT2D eigenvalue weighted by atomic mass is 127. The molecule has 6 radical (unpaired) electrons. The van der Waals surface area contributed by atoms with Crippen molar-refractivity contribution in [3.8, 4) is 0 Å². The Labute approximate surface area is 149 Å². The largest absolute Gasteiger partial charge is 0.459 e. The van der Waals surface area contributed by atoms with E-state index in [2.05, 4.69) is 54.0 Å². The predicted molar refractivity (Wildman–Crippen MR) is 86.7 cm³/mol. The molecule has 60 valence electrons. The molecule has 1 heterocycles. The van der Waals surface area contributed by atoms with Crippen molar-refractivity contribution >= 4 is 140 Å². The van der Waals surface area contributed by atoms with Gasteiger partial charge in [0.1, 0.15) is 34.7 Å². The lowest BCUT2D eigenvalue weighted by molar-refractivity contribution is 0.826. The highest BCUT2D eigenvalue weighted by Gasteiger charge is 2.17.